The number of piperazine rings is 1. The van der Waals surface area contributed by atoms with E-state index in [2.05, 4.69) is 37.5 Å². The standard InChI is InChI=1S/C43H49ClN8O6/c1-43(48-39(54)28-2-6-31(7-3-28)58-32-8-4-29(24-45)35(44)23-32)15-12-37(46-26-43)51-16-13-27(14-17-51)25-49-18-20-50(21-19-49)30-5-9-33-34(22-30)42(57)52(41(33)56)36-10-11-38(53)47-40(36)55/h4-5,8-9,12,22-23,26-28,31,36H,2-3,6-7,10-11,13-21,25H2,1H3,(H,48,54)(H,47,53,55). The first-order chi connectivity index (χ1) is 28.0. The van der Waals surface area contributed by atoms with E-state index in [1.54, 1.807) is 30.3 Å². The molecule has 0 radical (unpaired) electrons. The van der Waals surface area contributed by atoms with Gasteiger partial charge in [0, 0.05) is 76.1 Å². The normalized spacial score (nSPS) is 26.9. The number of amides is 5. The van der Waals surface area contributed by atoms with Gasteiger partial charge in [-0.25, -0.2) is 4.99 Å². The highest BCUT2D eigenvalue weighted by molar-refractivity contribution is 6.31. The quantitative estimate of drug-likeness (QED) is 0.349. The summed E-state index contributed by atoms with van der Waals surface area (Å²) in [5, 5.41) is 15.0. The Morgan fingerprint density at radius 2 is 1.67 bits per heavy atom. The first kappa shape index (κ1) is 39.6. The van der Waals surface area contributed by atoms with Gasteiger partial charge in [-0.1, -0.05) is 11.6 Å². The predicted molar refractivity (Wildman–Crippen MR) is 216 cm³/mol. The molecule has 5 heterocycles. The van der Waals surface area contributed by atoms with Gasteiger partial charge in [-0.15, -0.1) is 0 Å². The zero-order chi connectivity index (χ0) is 40.6. The number of hydrogen-bond acceptors (Lipinski definition) is 11. The molecule has 2 aromatic rings. The van der Waals surface area contributed by atoms with E-state index in [0.717, 1.165) is 101 Å². The molecular weight excluding hydrogens is 760 g/mol. The zero-order valence-corrected chi connectivity index (χ0v) is 33.5. The monoisotopic (exact) mass is 808 g/mol. The molecule has 2 unspecified atom stereocenters. The van der Waals surface area contributed by atoms with E-state index in [0.29, 0.717) is 39.8 Å². The van der Waals surface area contributed by atoms with Crippen LogP contribution in [-0.2, 0) is 14.4 Å². The second kappa shape index (κ2) is 16.5. The molecule has 2 atom stereocenters. The Balaban J connectivity index is 0.748. The summed E-state index contributed by atoms with van der Waals surface area (Å²) in [6.45, 7) is 8.34. The molecule has 14 nitrogen and oxygen atoms in total. The van der Waals surface area contributed by atoms with Crippen LogP contribution in [0.5, 0.6) is 5.75 Å². The van der Waals surface area contributed by atoms with Gasteiger partial charge in [-0.3, -0.25) is 39.1 Å². The van der Waals surface area contributed by atoms with Gasteiger partial charge in [-0.2, -0.15) is 5.26 Å². The van der Waals surface area contributed by atoms with Crippen molar-refractivity contribution in [3.05, 3.63) is 70.0 Å². The van der Waals surface area contributed by atoms with Crippen LogP contribution in [0.3, 0.4) is 0 Å². The maximum absolute atomic E-state index is 13.3. The molecule has 8 rings (SSSR count). The molecule has 0 aromatic heterocycles. The number of anilines is 1. The van der Waals surface area contributed by atoms with Crippen molar-refractivity contribution in [2.45, 2.75) is 82.4 Å². The highest BCUT2D eigenvalue weighted by atomic mass is 35.5. The van der Waals surface area contributed by atoms with E-state index in [-0.39, 0.29) is 30.8 Å². The van der Waals surface area contributed by atoms with Crippen LogP contribution in [0, 0.1) is 23.2 Å². The van der Waals surface area contributed by atoms with Gasteiger partial charge in [-0.05, 0) is 101 Å². The van der Waals surface area contributed by atoms with Crippen LogP contribution in [-0.4, -0.2) is 114 Å². The molecule has 0 bridgehead atoms. The Morgan fingerprint density at radius 3 is 2.34 bits per heavy atom. The van der Waals surface area contributed by atoms with Crippen LogP contribution in [0.1, 0.15) is 91.0 Å². The number of ether oxygens (including phenoxy) is 1. The number of imide groups is 2. The number of benzene rings is 2. The van der Waals surface area contributed by atoms with Crippen molar-refractivity contribution in [2.24, 2.45) is 16.8 Å². The number of carbonyl (C=O) groups is 5. The summed E-state index contributed by atoms with van der Waals surface area (Å²) in [4.78, 5) is 76.8. The van der Waals surface area contributed by atoms with Gasteiger partial charge < -0.3 is 19.9 Å². The predicted octanol–water partition coefficient (Wildman–Crippen LogP) is 4.28. The molecule has 1 aliphatic carbocycles. The van der Waals surface area contributed by atoms with Crippen molar-refractivity contribution >= 4 is 53.0 Å². The number of carbonyl (C=O) groups excluding carboxylic acids is 5. The highest BCUT2D eigenvalue weighted by Crippen LogP contribution is 2.33. The van der Waals surface area contributed by atoms with E-state index in [4.69, 9.17) is 26.6 Å². The average Bonchev–Trinajstić information content (AvgIpc) is 3.47. The van der Waals surface area contributed by atoms with E-state index < -0.39 is 35.2 Å². The van der Waals surface area contributed by atoms with Crippen LogP contribution in [0.2, 0.25) is 5.02 Å². The number of nitriles is 1. The summed E-state index contributed by atoms with van der Waals surface area (Å²) < 4.78 is 6.11. The van der Waals surface area contributed by atoms with Crippen LogP contribution < -0.4 is 20.3 Å². The van der Waals surface area contributed by atoms with E-state index in [9.17, 15) is 24.0 Å². The SMILES string of the molecule is CC1(NC(=O)C2CCC(Oc3ccc(C#N)c(Cl)c3)CC2)C=NC(N2CCC(CN3CCN(c4ccc5c(c4)C(=O)N(C4CCC(=O)NC4=O)C5=O)CC3)CC2)=CC1. The zero-order valence-electron chi connectivity index (χ0n) is 32.8. The van der Waals surface area contributed by atoms with Crippen molar-refractivity contribution in [3.8, 4) is 11.8 Å². The van der Waals surface area contributed by atoms with Gasteiger partial charge >= 0.3 is 0 Å². The Bertz CT molecular complexity index is 2090. The molecule has 58 heavy (non-hydrogen) atoms. The molecule has 15 heteroatoms. The second-order valence-corrected chi connectivity index (χ2v) is 17.1. The number of nitrogens with one attached hydrogen (secondary N) is 2. The first-order valence-electron chi connectivity index (χ1n) is 20.5. The van der Waals surface area contributed by atoms with Crippen molar-refractivity contribution in [2.75, 3.05) is 50.7 Å². The van der Waals surface area contributed by atoms with Crippen LogP contribution in [0.15, 0.2) is 53.3 Å². The van der Waals surface area contributed by atoms with Crippen LogP contribution >= 0.6 is 11.6 Å². The Hall–Kier alpha value is -5.26. The van der Waals surface area contributed by atoms with Gasteiger partial charge in [0.2, 0.25) is 17.7 Å². The number of piperidine rings is 2. The maximum atomic E-state index is 13.3. The number of rotatable bonds is 9. The number of nitrogens with zero attached hydrogens (tertiary/aromatic N) is 6. The summed E-state index contributed by atoms with van der Waals surface area (Å²) in [6, 6.07) is 11.5. The maximum Gasteiger partial charge on any atom is 0.262 e. The van der Waals surface area contributed by atoms with Gasteiger partial charge in [0.05, 0.1) is 33.4 Å². The summed E-state index contributed by atoms with van der Waals surface area (Å²) in [6.07, 6.45) is 10.2. The molecule has 0 spiro atoms. The third kappa shape index (κ3) is 8.33. The fourth-order valence-corrected chi connectivity index (χ4v) is 9.36. The lowest BCUT2D eigenvalue weighted by molar-refractivity contribution is -0.136. The van der Waals surface area contributed by atoms with E-state index in [1.807, 2.05) is 19.2 Å². The minimum absolute atomic E-state index is 0.00826. The van der Waals surface area contributed by atoms with E-state index >= 15 is 0 Å². The molecule has 2 aromatic carbocycles. The smallest absolute Gasteiger partial charge is 0.262 e. The molecule has 304 valence electrons. The van der Waals surface area contributed by atoms with Crippen molar-refractivity contribution < 1.29 is 28.7 Å². The lowest BCUT2D eigenvalue weighted by atomic mass is 9.85. The average molecular weight is 809 g/mol. The molecule has 5 aliphatic heterocycles. The minimum Gasteiger partial charge on any atom is -0.490 e. The summed E-state index contributed by atoms with van der Waals surface area (Å²) in [7, 11) is 0. The number of fused-ring (bicyclic) bond motifs is 1. The third-order valence-corrected chi connectivity index (χ3v) is 12.9. The Kier molecular flexibility index (Phi) is 11.3. The Morgan fingerprint density at radius 1 is 0.931 bits per heavy atom. The Labute approximate surface area is 343 Å². The number of halogens is 1. The minimum atomic E-state index is -0.972. The molecule has 5 amide bonds. The summed E-state index contributed by atoms with van der Waals surface area (Å²) >= 11 is 6.16. The molecule has 6 aliphatic rings. The molecule has 4 fully saturated rings. The fourth-order valence-electron chi connectivity index (χ4n) is 9.14. The van der Waals surface area contributed by atoms with Gasteiger partial charge in [0.25, 0.3) is 11.8 Å². The highest BCUT2D eigenvalue weighted by Gasteiger charge is 2.45. The van der Waals surface area contributed by atoms with E-state index in [1.165, 1.54) is 0 Å². The lowest BCUT2D eigenvalue weighted by Gasteiger charge is -2.40. The fraction of sp³-hybridized carbons (Fsp3) is 0.512. The second-order valence-electron chi connectivity index (χ2n) is 16.7. The summed E-state index contributed by atoms with van der Waals surface area (Å²) in [5.74, 6) is 0.228. The topological polar surface area (TPSA) is 168 Å². The van der Waals surface area contributed by atoms with Crippen molar-refractivity contribution in [1.29, 1.82) is 5.26 Å². The van der Waals surface area contributed by atoms with Crippen LogP contribution in [0.4, 0.5) is 5.69 Å². The first-order valence-corrected chi connectivity index (χ1v) is 20.9. The summed E-state index contributed by atoms with van der Waals surface area (Å²) in [5.41, 5.74) is 1.38. The molecule has 3 saturated heterocycles. The lowest BCUT2D eigenvalue weighted by Crippen LogP contribution is -2.54. The molecule has 1 saturated carbocycles. The molecular formula is C43H49ClN8O6. The third-order valence-electron chi connectivity index (χ3n) is 12.6. The van der Waals surface area contributed by atoms with Gasteiger partial charge in [0.15, 0.2) is 0 Å². The van der Waals surface area contributed by atoms with Gasteiger partial charge in [0.1, 0.15) is 23.7 Å². The largest absolute Gasteiger partial charge is 0.490 e. The number of hydrogen-bond donors (Lipinski definition) is 2. The number of likely N-dealkylation sites (tertiary alicyclic amines) is 1. The van der Waals surface area contributed by atoms with Crippen molar-refractivity contribution in [1.82, 2.24) is 25.3 Å². The van der Waals surface area contributed by atoms with Crippen LogP contribution in [0.25, 0.3) is 0 Å². The number of aliphatic imine (C=N–C) groups is 1. The molecule has 2 N–H and O–H groups in total. The van der Waals surface area contributed by atoms with Crippen molar-refractivity contribution in [3.63, 3.8) is 0 Å².